The number of rotatable bonds is 5. The molecule has 12 nitrogen and oxygen atoms in total. The largest absolute Gasteiger partial charge is 0.444 e. The molecular weight excluding hydrogens is 589 g/mol. The molecule has 4 aromatic rings. The lowest BCUT2D eigenvalue weighted by molar-refractivity contribution is 0.0635. The molecule has 14 heteroatoms. The summed E-state index contributed by atoms with van der Waals surface area (Å²) in [6, 6.07) is 9.40. The summed E-state index contributed by atoms with van der Waals surface area (Å²) in [5.74, 6) is -0.176. The molecule has 0 saturated heterocycles. The molecule has 0 saturated carbocycles. The molecule has 2 aliphatic heterocycles. The monoisotopic (exact) mass is 617 g/mol. The van der Waals surface area contributed by atoms with Gasteiger partial charge in [-0.05, 0) is 73.0 Å². The van der Waals surface area contributed by atoms with Crippen LogP contribution < -0.4 is 10.9 Å². The Bertz CT molecular complexity index is 1900. The van der Waals surface area contributed by atoms with Crippen LogP contribution in [-0.4, -0.2) is 52.1 Å². The van der Waals surface area contributed by atoms with Crippen molar-refractivity contribution in [2.45, 2.75) is 58.6 Å². The van der Waals surface area contributed by atoms with Crippen LogP contribution in [0.15, 0.2) is 64.3 Å². The van der Waals surface area contributed by atoms with E-state index < -0.39 is 17.6 Å². The van der Waals surface area contributed by atoms with E-state index in [1.807, 2.05) is 6.92 Å². The SMILES string of the molecule is C[C@@H]1[C@@H](C2=CN=C(c3ccc(NC(=O)OC(C)(C)C)nc3F)C2)n2c(nc(-c3cc(Cl)ccc3-n3cnnn3)cc2=O)[C@@H]1C. The van der Waals surface area contributed by atoms with Crippen LogP contribution in [0.4, 0.5) is 15.0 Å². The van der Waals surface area contributed by atoms with E-state index in [-0.39, 0.29) is 34.8 Å². The smallest absolute Gasteiger partial charge is 0.413 e. The standard InChI is InChI=1S/C30H29ClFN9O3/c1-15-16(2)28-35-22(20-11-18(31)6-8-23(20)40-14-34-38-39-40)12-25(42)41(28)26(15)17-10-21(33-13-17)19-7-9-24(36-27(19)32)37-29(43)44-30(3,4)5/h6-9,11-16,26H,10H2,1-5H3,(H,36,37,43)/t15-,16+,26-/m0/s1. The number of anilines is 1. The number of pyridine rings is 1. The van der Waals surface area contributed by atoms with Crippen molar-refractivity contribution in [3.05, 3.63) is 87.2 Å². The second kappa shape index (κ2) is 11.1. The van der Waals surface area contributed by atoms with Crippen LogP contribution in [0.2, 0.25) is 5.02 Å². The van der Waals surface area contributed by atoms with Gasteiger partial charge >= 0.3 is 6.09 Å². The number of amides is 1. The van der Waals surface area contributed by atoms with Gasteiger partial charge in [-0.1, -0.05) is 25.4 Å². The Balaban J connectivity index is 1.26. The summed E-state index contributed by atoms with van der Waals surface area (Å²) in [4.78, 5) is 39.1. The molecule has 0 aliphatic carbocycles. The number of nitrogens with one attached hydrogen (secondary N) is 1. The Morgan fingerprint density at radius 1 is 1.11 bits per heavy atom. The van der Waals surface area contributed by atoms with Crippen molar-refractivity contribution >= 4 is 29.2 Å². The Labute approximate surface area is 256 Å². The van der Waals surface area contributed by atoms with Gasteiger partial charge in [0, 0.05) is 35.2 Å². The molecule has 0 fully saturated rings. The minimum Gasteiger partial charge on any atom is -0.444 e. The van der Waals surface area contributed by atoms with Gasteiger partial charge in [-0.3, -0.25) is 19.7 Å². The third kappa shape index (κ3) is 5.50. The fourth-order valence-electron chi connectivity index (χ4n) is 5.60. The van der Waals surface area contributed by atoms with Gasteiger partial charge in [0.15, 0.2) is 0 Å². The molecule has 0 spiro atoms. The molecule has 44 heavy (non-hydrogen) atoms. The first kappa shape index (κ1) is 29.3. The number of hydrogen-bond donors (Lipinski definition) is 1. The number of nitrogens with zero attached hydrogens (tertiary/aromatic N) is 8. The van der Waals surface area contributed by atoms with Crippen LogP contribution in [0.1, 0.15) is 64.4 Å². The minimum absolute atomic E-state index is 0.00738. The highest BCUT2D eigenvalue weighted by molar-refractivity contribution is 6.31. The van der Waals surface area contributed by atoms with Crippen molar-refractivity contribution in [3.8, 4) is 16.9 Å². The fraction of sp³-hybridized carbons (Fsp3) is 0.333. The summed E-state index contributed by atoms with van der Waals surface area (Å²) < 4.78 is 23.5. The van der Waals surface area contributed by atoms with Gasteiger partial charge in [0.1, 0.15) is 23.6 Å². The van der Waals surface area contributed by atoms with Gasteiger partial charge in [-0.15, -0.1) is 5.10 Å². The second-order valence-corrected chi connectivity index (χ2v) is 12.3. The number of carbonyl (C=O) groups excluding carboxylic acids is 1. The molecule has 3 atom stereocenters. The number of aliphatic imine (C=N–C) groups is 1. The quantitative estimate of drug-likeness (QED) is 0.290. The summed E-state index contributed by atoms with van der Waals surface area (Å²) in [5, 5.41) is 14.3. The van der Waals surface area contributed by atoms with E-state index in [1.54, 1.807) is 49.7 Å². The van der Waals surface area contributed by atoms with E-state index in [0.717, 1.165) is 5.57 Å². The maximum Gasteiger partial charge on any atom is 0.413 e. The number of aromatic nitrogens is 7. The second-order valence-electron chi connectivity index (χ2n) is 11.8. The van der Waals surface area contributed by atoms with E-state index in [4.69, 9.17) is 21.3 Å². The molecule has 6 rings (SSSR count). The minimum atomic E-state index is -0.774. The van der Waals surface area contributed by atoms with E-state index in [2.05, 4.69) is 37.7 Å². The van der Waals surface area contributed by atoms with Gasteiger partial charge in [0.25, 0.3) is 5.56 Å². The summed E-state index contributed by atoms with van der Waals surface area (Å²) >= 11 is 6.33. The first-order chi connectivity index (χ1) is 20.9. The van der Waals surface area contributed by atoms with Crippen LogP contribution >= 0.6 is 11.6 Å². The molecule has 0 bridgehead atoms. The molecule has 2 aliphatic rings. The van der Waals surface area contributed by atoms with Gasteiger partial charge in [0.2, 0.25) is 5.95 Å². The molecule has 3 aromatic heterocycles. The van der Waals surface area contributed by atoms with Crippen LogP contribution in [0.5, 0.6) is 0 Å². The van der Waals surface area contributed by atoms with Crippen LogP contribution in [0.25, 0.3) is 16.9 Å². The maximum atomic E-state index is 15.1. The Kier molecular flexibility index (Phi) is 7.36. The number of allylic oxidation sites excluding steroid dienone is 1. The molecule has 1 amide bonds. The first-order valence-corrected chi connectivity index (χ1v) is 14.4. The van der Waals surface area contributed by atoms with Crippen LogP contribution in [0.3, 0.4) is 0 Å². The van der Waals surface area contributed by atoms with E-state index in [1.165, 1.54) is 29.2 Å². The highest BCUT2D eigenvalue weighted by Crippen LogP contribution is 2.45. The van der Waals surface area contributed by atoms with Crippen LogP contribution in [-0.2, 0) is 4.74 Å². The lowest BCUT2D eigenvalue weighted by Crippen LogP contribution is -2.27. The van der Waals surface area contributed by atoms with Crippen molar-refractivity contribution in [2.75, 3.05) is 5.32 Å². The lowest BCUT2D eigenvalue weighted by Gasteiger charge is -2.21. The molecule has 5 heterocycles. The normalized spacial score (nSPS) is 19.4. The third-order valence-electron chi connectivity index (χ3n) is 7.71. The third-order valence-corrected chi connectivity index (χ3v) is 7.94. The molecule has 226 valence electrons. The Morgan fingerprint density at radius 2 is 1.91 bits per heavy atom. The highest BCUT2D eigenvalue weighted by Gasteiger charge is 2.41. The summed E-state index contributed by atoms with van der Waals surface area (Å²) in [6.07, 6.45) is 2.75. The van der Waals surface area contributed by atoms with Crippen molar-refractivity contribution in [1.29, 1.82) is 0 Å². The zero-order chi connectivity index (χ0) is 31.3. The van der Waals surface area contributed by atoms with Crippen molar-refractivity contribution in [3.63, 3.8) is 0 Å². The first-order valence-electron chi connectivity index (χ1n) is 14.0. The number of carbonyl (C=O) groups is 1. The van der Waals surface area contributed by atoms with E-state index in [9.17, 15) is 9.59 Å². The lowest BCUT2D eigenvalue weighted by atomic mass is 9.87. The number of tetrazole rings is 1. The number of halogens is 2. The average molecular weight is 618 g/mol. The van der Waals surface area contributed by atoms with Crippen molar-refractivity contribution < 1.29 is 13.9 Å². The predicted octanol–water partition coefficient (Wildman–Crippen LogP) is 5.49. The van der Waals surface area contributed by atoms with E-state index >= 15 is 4.39 Å². The summed E-state index contributed by atoms with van der Waals surface area (Å²) in [7, 11) is 0. The fourth-order valence-corrected chi connectivity index (χ4v) is 5.77. The topological polar surface area (TPSA) is 142 Å². The van der Waals surface area contributed by atoms with Crippen molar-refractivity contribution in [2.24, 2.45) is 10.9 Å². The number of benzene rings is 1. The van der Waals surface area contributed by atoms with Gasteiger partial charge < -0.3 is 4.74 Å². The highest BCUT2D eigenvalue weighted by atomic mass is 35.5. The Morgan fingerprint density at radius 3 is 2.61 bits per heavy atom. The molecule has 0 radical (unpaired) electrons. The average Bonchev–Trinajstić information content (AvgIpc) is 3.69. The number of hydrogen-bond acceptors (Lipinski definition) is 9. The zero-order valence-corrected chi connectivity index (χ0v) is 25.4. The predicted molar refractivity (Wildman–Crippen MR) is 162 cm³/mol. The molecule has 0 unspecified atom stereocenters. The van der Waals surface area contributed by atoms with E-state index in [0.29, 0.717) is 39.9 Å². The molecule has 1 aromatic carbocycles. The molecule has 1 N–H and O–H groups in total. The Hall–Kier alpha value is -4.78. The van der Waals surface area contributed by atoms with Gasteiger partial charge in [0.05, 0.1) is 28.7 Å². The number of ether oxygens (including phenoxy) is 1. The zero-order valence-electron chi connectivity index (χ0n) is 24.6. The summed E-state index contributed by atoms with van der Waals surface area (Å²) in [6.45, 7) is 9.28. The maximum absolute atomic E-state index is 15.1. The van der Waals surface area contributed by atoms with Crippen LogP contribution in [0, 0.1) is 11.9 Å². The van der Waals surface area contributed by atoms with Crippen molar-refractivity contribution in [1.82, 2.24) is 34.7 Å². The number of fused-ring (bicyclic) bond motifs is 1. The molecular formula is C30H29ClFN9O3. The van der Waals surface area contributed by atoms with Gasteiger partial charge in [-0.2, -0.15) is 9.07 Å². The summed E-state index contributed by atoms with van der Waals surface area (Å²) in [5.41, 5.74) is 2.32. The van der Waals surface area contributed by atoms with Gasteiger partial charge in [-0.25, -0.2) is 14.8 Å².